The van der Waals surface area contributed by atoms with Crippen molar-refractivity contribution in [2.24, 2.45) is 0 Å². The molecule has 4 heteroatoms. The Balaban J connectivity index is 1.82. The Morgan fingerprint density at radius 1 is 1.43 bits per heavy atom. The zero-order valence-electron chi connectivity index (χ0n) is 8.74. The summed E-state index contributed by atoms with van der Waals surface area (Å²) in [6.07, 6.45) is 1.53. The van der Waals surface area contributed by atoms with Gasteiger partial charge in [-0.3, -0.25) is 4.90 Å². The fourth-order valence-corrected chi connectivity index (χ4v) is 2.14. The number of likely N-dealkylation sites (tertiary alicyclic amines) is 1. The molecular formula is C10H19NO3. The summed E-state index contributed by atoms with van der Waals surface area (Å²) >= 11 is 0. The Kier molecular flexibility index (Phi) is 3.07. The summed E-state index contributed by atoms with van der Waals surface area (Å²) in [4.78, 5) is 2.22. The molecule has 1 spiro atoms. The maximum absolute atomic E-state index is 9.53. The van der Waals surface area contributed by atoms with E-state index in [2.05, 4.69) is 4.90 Å². The van der Waals surface area contributed by atoms with Gasteiger partial charge in [0.15, 0.2) is 5.79 Å². The lowest BCUT2D eigenvalue weighted by Crippen LogP contribution is -2.37. The number of aliphatic hydroxyl groups excluding tert-OH is 1. The second kappa shape index (κ2) is 4.14. The molecule has 0 aliphatic carbocycles. The molecular weight excluding hydrogens is 182 g/mol. The van der Waals surface area contributed by atoms with Gasteiger partial charge in [0.05, 0.1) is 25.9 Å². The van der Waals surface area contributed by atoms with E-state index in [1.165, 1.54) is 0 Å². The third kappa shape index (κ3) is 2.08. The molecule has 2 saturated heterocycles. The molecule has 4 nitrogen and oxygen atoms in total. The van der Waals surface area contributed by atoms with Crippen LogP contribution in [0, 0.1) is 0 Å². The molecule has 0 unspecified atom stereocenters. The van der Waals surface area contributed by atoms with Gasteiger partial charge in [0.2, 0.25) is 0 Å². The highest BCUT2D eigenvalue weighted by atomic mass is 16.7. The van der Waals surface area contributed by atoms with E-state index in [-0.39, 0.29) is 11.9 Å². The standard InChI is InChI=1S/C10H19NO3/c1-2-9(12)7-11-4-3-10(8-11)13-5-6-14-10/h9,12H,2-8H2,1H3/t9-/m1/s1. The van der Waals surface area contributed by atoms with Crippen LogP contribution in [-0.2, 0) is 9.47 Å². The molecule has 2 rings (SSSR count). The Bertz CT molecular complexity index is 192. The van der Waals surface area contributed by atoms with Gasteiger partial charge >= 0.3 is 0 Å². The number of nitrogens with zero attached hydrogens (tertiary/aromatic N) is 1. The van der Waals surface area contributed by atoms with E-state index in [0.29, 0.717) is 13.2 Å². The van der Waals surface area contributed by atoms with Crippen LogP contribution in [0.4, 0.5) is 0 Å². The minimum atomic E-state index is -0.340. The van der Waals surface area contributed by atoms with Crippen LogP contribution in [0.3, 0.4) is 0 Å². The Hall–Kier alpha value is -0.160. The van der Waals surface area contributed by atoms with E-state index in [1.807, 2.05) is 6.92 Å². The molecule has 2 aliphatic heterocycles. The van der Waals surface area contributed by atoms with Crippen LogP contribution >= 0.6 is 0 Å². The van der Waals surface area contributed by atoms with E-state index in [1.54, 1.807) is 0 Å². The molecule has 0 saturated carbocycles. The first-order chi connectivity index (χ1) is 6.74. The summed E-state index contributed by atoms with van der Waals surface area (Å²) in [6.45, 7) is 5.94. The van der Waals surface area contributed by atoms with Crippen molar-refractivity contribution in [3.05, 3.63) is 0 Å². The molecule has 2 aliphatic rings. The summed E-state index contributed by atoms with van der Waals surface area (Å²) in [6, 6.07) is 0. The molecule has 14 heavy (non-hydrogen) atoms. The lowest BCUT2D eigenvalue weighted by Gasteiger charge is -2.23. The Morgan fingerprint density at radius 2 is 2.14 bits per heavy atom. The smallest absolute Gasteiger partial charge is 0.182 e. The monoisotopic (exact) mass is 201 g/mol. The molecule has 0 bridgehead atoms. The lowest BCUT2D eigenvalue weighted by molar-refractivity contribution is -0.145. The third-order valence-corrected chi connectivity index (χ3v) is 3.03. The van der Waals surface area contributed by atoms with Gasteiger partial charge in [0.25, 0.3) is 0 Å². The molecule has 0 aromatic heterocycles. The second-order valence-electron chi connectivity index (χ2n) is 4.15. The van der Waals surface area contributed by atoms with Crippen LogP contribution in [0.1, 0.15) is 19.8 Å². The maximum atomic E-state index is 9.53. The first kappa shape index (κ1) is 10.4. The molecule has 0 radical (unpaired) electrons. The molecule has 0 amide bonds. The SMILES string of the molecule is CC[C@@H](O)CN1CCC2(C1)OCCO2. The fourth-order valence-electron chi connectivity index (χ4n) is 2.14. The van der Waals surface area contributed by atoms with Crippen molar-refractivity contribution in [2.45, 2.75) is 31.7 Å². The summed E-state index contributed by atoms with van der Waals surface area (Å²) in [7, 11) is 0. The largest absolute Gasteiger partial charge is 0.392 e. The second-order valence-corrected chi connectivity index (χ2v) is 4.15. The zero-order valence-corrected chi connectivity index (χ0v) is 8.74. The average Bonchev–Trinajstić information content (AvgIpc) is 2.78. The topological polar surface area (TPSA) is 41.9 Å². The van der Waals surface area contributed by atoms with Gasteiger partial charge in [0.1, 0.15) is 0 Å². The zero-order chi connectivity index (χ0) is 10.0. The van der Waals surface area contributed by atoms with Gasteiger partial charge in [-0.05, 0) is 6.42 Å². The van der Waals surface area contributed by atoms with Gasteiger partial charge in [0, 0.05) is 19.5 Å². The molecule has 82 valence electrons. The van der Waals surface area contributed by atoms with Crippen LogP contribution in [0.2, 0.25) is 0 Å². The van der Waals surface area contributed by atoms with Gasteiger partial charge in [-0.2, -0.15) is 0 Å². The predicted octanol–water partition coefficient (Wildman–Crippen LogP) is 0.206. The highest BCUT2D eigenvalue weighted by Crippen LogP contribution is 2.30. The predicted molar refractivity (Wildman–Crippen MR) is 52.0 cm³/mol. The molecule has 2 fully saturated rings. The maximum Gasteiger partial charge on any atom is 0.182 e. The van der Waals surface area contributed by atoms with Crippen LogP contribution in [0.25, 0.3) is 0 Å². The number of hydrogen-bond acceptors (Lipinski definition) is 4. The number of rotatable bonds is 3. The Morgan fingerprint density at radius 3 is 2.79 bits per heavy atom. The molecule has 1 atom stereocenters. The first-order valence-electron chi connectivity index (χ1n) is 5.42. The van der Waals surface area contributed by atoms with Crippen LogP contribution in [-0.4, -0.2) is 54.7 Å². The quantitative estimate of drug-likeness (QED) is 0.708. The van der Waals surface area contributed by atoms with Crippen molar-refractivity contribution in [2.75, 3.05) is 32.8 Å². The van der Waals surface area contributed by atoms with E-state index in [9.17, 15) is 5.11 Å². The molecule has 2 heterocycles. The van der Waals surface area contributed by atoms with Gasteiger partial charge in [-0.15, -0.1) is 0 Å². The lowest BCUT2D eigenvalue weighted by atomic mass is 10.2. The number of ether oxygens (including phenoxy) is 2. The fraction of sp³-hybridized carbons (Fsp3) is 1.00. The highest BCUT2D eigenvalue weighted by molar-refractivity contribution is 4.87. The van der Waals surface area contributed by atoms with Crippen molar-refractivity contribution >= 4 is 0 Å². The third-order valence-electron chi connectivity index (χ3n) is 3.03. The van der Waals surface area contributed by atoms with E-state index in [4.69, 9.17) is 9.47 Å². The van der Waals surface area contributed by atoms with E-state index < -0.39 is 0 Å². The number of aliphatic hydroxyl groups is 1. The highest BCUT2D eigenvalue weighted by Gasteiger charge is 2.43. The van der Waals surface area contributed by atoms with Crippen molar-refractivity contribution in [3.63, 3.8) is 0 Å². The van der Waals surface area contributed by atoms with Crippen LogP contribution < -0.4 is 0 Å². The van der Waals surface area contributed by atoms with Crippen LogP contribution in [0.5, 0.6) is 0 Å². The van der Waals surface area contributed by atoms with Crippen molar-refractivity contribution in [3.8, 4) is 0 Å². The minimum absolute atomic E-state index is 0.216. The molecule has 1 N–H and O–H groups in total. The van der Waals surface area contributed by atoms with Gasteiger partial charge < -0.3 is 14.6 Å². The van der Waals surface area contributed by atoms with Crippen LogP contribution in [0.15, 0.2) is 0 Å². The summed E-state index contributed by atoms with van der Waals surface area (Å²) in [5, 5.41) is 9.53. The van der Waals surface area contributed by atoms with Gasteiger partial charge in [-0.1, -0.05) is 6.92 Å². The van der Waals surface area contributed by atoms with Crippen molar-refractivity contribution < 1.29 is 14.6 Å². The molecule has 0 aromatic rings. The summed E-state index contributed by atoms with van der Waals surface area (Å²) in [5.41, 5.74) is 0. The Labute approximate surface area is 84.8 Å². The molecule has 0 aromatic carbocycles. The summed E-state index contributed by atoms with van der Waals surface area (Å²) < 4.78 is 11.2. The van der Waals surface area contributed by atoms with Crippen molar-refractivity contribution in [1.82, 2.24) is 4.90 Å². The first-order valence-corrected chi connectivity index (χ1v) is 5.42. The minimum Gasteiger partial charge on any atom is -0.392 e. The van der Waals surface area contributed by atoms with E-state index >= 15 is 0 Å². The number of β-amino-alcohol motifs (C(OH)–C–C–N with tert-alkyl or cyclic N) is 1. The number of hydrogen-bond donors (Lipinski definition) is 1. The van der Waals surface area contributed by atoms with Crippen molar-refractivity contribution in [1.29, 1.82) is 0 Å². The van der Waals surface area contributed by atoms with E-state index in [0.717, 1.165) is 32.5 Å². The average molecular weight is 201 g/mol. The normalized spacial score (nSPS) is 28.7. The van der Waals surface area contributed by atoms with Gasteiger partial charge in [-0.25, -0.2) is 0 Å². The summed E-state index contributed by atoms with van der Waals surface area (Å²) in [5.74, 6) is -0.340.